The normalized spacial score (nSPS) is 16.2. The van der Waals surface area contributed by atoms with Gasteiger partial charge in [0.25, 0.3) is 0 Å². The molecule has 3 heterocycles. The number of halogens is 1. The number of ether oxygens (including phenoxy) is 1. The third-order valence-electron chi connectivity index (χ3n) is 4.48. The van der Waals surface area contributed by atoms with Gasteiger partial charge >= 0.3 is 0 Å². The van der Waals surface area contributed by atoms with Crippen LogP contribution in [0.2, 0.25) is 0 Å². The van der Waals surface area contributed by atoms with Gasteiger partial charge in [0, 0.05) is 25.4 Å². The van der Waals surface area contributed by atoms with Crippen LogP contribution >= 0.6 is 0 Å². The maximum Gasteiger partial charge on any atom is 0.197 e. The number of aromatic nitrogens is 3. The molecule has 1 fully saturated rings. The molecular weight excluding hydrogens is 355 g/mol. The van der Waals surface area contributed by atoms with E-state index in [1.165, 1.54) is 6.07 Å². The predicted molar refractivity (Wildman–Crippen MR) is 98.2 cm³/mol. The van der Waals surface area contributed by atoms with Gasteiger partial charge in [0.2, 0.25) is 0 Å². The first kappa shape index (κ1) is 17.1. The first-order valence-electron chi connectivity index (χ1n) is 8.42. The molecule has 0 radical (unpaired) electrons. The van der Waals surface area contributed by atoms with Gasteiger partial charge in [-0.2, -0.15) is 0 Å². The highest BCUT2D eigenvalue weighted by Gasteiger charge is 2.19. The number of rotatable bonds is 4. The standard InChI is InChI=1S/C18H19FN4O2S/c1-12-3-2-4-20-16(12)11-26(24)18-21-14-9-13(19)17(10-15(14)22-18)23-5-7-25-8-6-23/h2-4,9-10H,5-8,11H2,1H3,(H,21,22). The number of morpholine rings is 1. The summed E-state index contributed by atoms with van der Waals surface area (Å²) in [5.74, 6) is -0.0494. The van der Waals surface area contributed by atoms with E-state index < -0.39 is 10.8 Å². The molecule has 1 aromatic carbocycles. The van der Waals surface area contributed by atoms with E-state index in [1.54, 1.807) is 12.3 Å². The van der Waals surface area contributed by atoms with Crippen molar-refractivity contribution < 1.29 is 13.3 Å². The van der Waals surface area contributed by atoms with Gasteiger partial charge in [0.05, 0.1) is 52.2 Å². The number of pyridine rings is 1. The number of fused-ring (bicyclic) bond motifs is 1. The van der Waals surface area contributed by atoms with Crippen molar-refractivity contribution in [2.45, 2.75) is 17.8 Å². The van der Waals surface area contributed by atoms with Crippen molar-refractivity contribution >= 4 is 27.5 Å². The molecular formula is C18H19FN4O2S. The van der Waals surface area contributed by atoms with Crippen molar-refractivity contribution in [3.63, 3.8) is 0 Å². The summed E-state index contributed by atoms with van der Waals surface area (Å²) in [6, 6.07) is 6.90. The zero-order valence-corrected chi connectivity index (χ0v) is 15.2. The summed E-state index contributed by atoms with van der Waals surface area (Å²) in [4.78, 5) is 13.6. The highest BCUT2D eigenvalue weighted by Crippen LogP contribution is 2.26. The molecule has 6 nitrogen and oxygen atoms in total. The highest BCUT2D eigenvalue weighted by molar-refractivity contribution is 7.84. The van der Waals surface area contributed by atoms with Crippen molar-refractivity contribution in [3.05, 3.63) is 47.5 Å². The maximum atomic E-state index is 14.5. The van der Waals surface area contributed by atoms with Crippen LogP contribution in [0.3, 0.4) is 0 Å². The SMILES string of the molecule is Cc1cccnc1CS(=O)c1nc2cc(N3CCOCC3)c(F)cc2[nH]1. The van der Waals surface area contributed by atoms with Gasteiger partial charge in [-0.05, 0) is 24.6 Å². The Hall–Kier alpha value is -2.32. The number of aromatic amines is 1. The molecule has 1 aliphatic heterocycles. The lowest BCUT2D eigenvalue weighted by Crippen LogP contribution is -2.36. The van der Waals surface area contributed by atoms with Gasteiger partial charge in [0.1, 0.15) is 5.82 Å². The summed E-state index contributed by atoms with van der Waals surface area (Å²) in [7, 11) is -1.38. The highest BCUT2D eigenvalue weighted by atomic mass is 32.2. The van der Waals surface area contributed by atoms with E-state index >= 15 is 0 Å². The largest absolute Gasteiger partial charge is 0.378 e. The smallest absolute Gasteiger partial charge is 0.197 e. The molecule has 3 aromatic rings. The van der Waals surface area contributed by atoms with Gasteiger partial charge in [-0.3, -0.25) is 9.19 Å². The van der Waals surface area contributed by atoms with Crippen molar-refractivity contribution in [3.8, 4) is 0 Å². The molecule has 0 saturated carbocycles. The van der Waals surface area contributed by atoms with Crippen LogP contribution in [0.4, 0.5) is 10.1 Å². The van der Waals surface area contributed by atoms with Gasteiger partial charge in [0.15, 0.2) is 5.16 Å². The van der Waals surface area contributed by atoms with Crippen molar-refractivity contribution in [1.29, 1.82) is 0 Å². The van der Waals surface area contributed by atoms with Crippen LogP contribution in [0, 0.1) is 12.7 Å². The zero-order chi connectivity index (χ0) is 18.1. The number of hydrogen-bond donors (Lipinski definition) is 1. The number of benzene rings is 1. The van der Waals surface area contributed by atoms with Crippen LogP contribution in [-0.4, -0.2) is 45.5 Å². The molecule has 1 N–H and O–H groups in total. The summed E-state index contributed by atoms with van der Waals surface area (Å²) in [6.07, 6.45) is 1.68. The molecule has 0 aliphatic carbocycles. The molecule has 0 bridgehead atoms. The first-order chi connectivity index (χ1) is 12.6. The Morgan fingerprint density at radius 2 is 2.15 bits per heavy atom. The molecule has 136 valence electrons. The number of H-pyrrole nitrogens is 1. The van der Waals surface area contributed by atoms with Crippen LogP contribution in [0.5, 0.6) is 0 Å². The van der Waals surface area contributed by atoms with E-state index in [0.29, 0.717) is 48.2 Å². The summed E-state index contributed by atoms with van der Waals surface area (Å²) in [5.41, 5.74) is 3.41. The van der Waals surface area contributed by atoms with Crippen LogP contribution in [0.25, 0.3) is 11.0 Å². The number of imidazole rings is 1. The predicted octanol–water partition coefficient (Wildman–Crippen LogP) is 2.55. The van der Waals surface area contributed by atoms with E-state index in [4.69, 9.17) is 4.74 Å². The Bertz CT molecular complexity index is 969. The minimum atomic E-state index is -1.38. The fourth-order valence-electron chi connectivity index (χ4n) is 3.01. The molecule has 1 atom stereocenters. The van der Waals surface area contributed by atoms with Crippen molar-refractivity contribution in [2.24, 2.45) is 0 Å². The van der Waals surface area contributed by atoms with Gasteiger partial charge in [-0.25, -0.2) is 9.37 Å². The first-order valence-corrected chi connectivity index (χ1v) is 9.74. The Kier molecular flexibility index (Phi) is 4.69. The number of nitrogens with one attached hydrogen (secondary N) is 1. The minimum Gasteiger partial charge on any atom is -0.378 e. The molecule has 4 rings (SSSR count). The third-order valence-corrected chi connectivity index (χ3v) is 5.64. The van der Waals surface area contributed by atoms with Gasteiger partial charge in [-0.1, -0.05) is 6.07 Å². The van der Waals surface area contributed by atoms with Crippen LogP contribution in [0.1, 0.15) is 11.3 Å². The Morgan fingerprint density at radius 3 is 2.92 bits per heavy atom. The average Bonchev–Trinajstić information content (AvgIpc) is 3.06. The molecule has 1 unspecified atom stereocenters. The summed E-state index contributed by atoms with van der Waals surface area (Å²) in [5, 5.41) is 0.337. The summed E-state index contributed by atoms with van der Waals surface area (Å²) < 4.78 is 32.5. The monoisotopic (exact) mass is 374 g/mol. The average molecular weight is 374 g/mol. The lowest BCUT2D eigenvalue weighted by Gasteiger charge is -2.29. The number of aryl methyl sites for hydroxylation is 1. The fourth-order valence-corrected chi connectivity index (χ4v) is 4.12. The van der Waals surface area contributed by atoms with Crippen LogP contribution in [-0.2, 0) is 21.3 Å². The zero-order valence-electron chi connectivity index (χ0n) is 14.4. The second kappa shape index (κ2) is 7.13. The Balaban J connectivity index is 1.62. The Labute approximate surface area is 152 Å². The molecule has 1 aliphatic rings. The summed E-state index contributed by atoms with van der Waals surface area (Å²) >= 11 is 0. The number of hydrogen-bond acceptors (Lipinski definition) is 5. The van der Waals surface area contributed by atoms with E-state index in [9.17, 15) is 8.60 Å². The lowest BCUT2D eigenvalue weighted by molar-refractivity contribution is 0.122. The molecule has 8 heteroatoms. The van der Waals surface area contributed by atoms with E-state index in [1.807, 2.05) is 24.0 Å². The van der Waals surface area contributed by atoms with Crippen molar-refractivity contribution in [1.82, 2.24) is 15.0 Å². The van der Waals surface area contributed by atoms with E-state index in [0.717, 1.165) is 11.3 Å². The molecule has 26 heavy (non-hydrogen) atoms. The lowest BCUT2D eigenvalue weighted by atomic mass is 10.2. The maximum absolute atomic E-state index is 14.5. The minimum absolute atomic E-state index is 0.269. The van der Waals surface area contributed by atoms with E-state index in [2.05, 4.69) is 15.0 Å². The van der Waals surface area contributed by atoms with E-state index in [-0.39, 0.29) is 11.6 Å². The number of nitrogens with zero attached hydrogens (tertiary/aromatic N) is 3. The van der Waals surface area contributed by atoms with Gasteiger partial charge in [-0.15, -0.1) is 0 Å². The quantitative estimate of drug-likeness (QED) is 0.760. The second-order valence-electron chi connectivity index (χ2n) is 6.22. The van der Waals surface area contributed by atoms with Crippen molar-refractivity contribution in [2.75, 3.05) is 31.2 Å². The fraction of sp³-hybridized carbons (Fsp3) is 0.333. The Morgan fingerprint density at radius 1 is 1.35 bits per heavy atom. The summed E-state index contributed by atoms with van der Waals surface area (Å²) in [6.45, 7) is 4.38. The topological polar surface area (TPSA) is 71.1 Å². The van der Waals surface area contributed by atoms with Crippen LogP contribution < -0.4 is 4.90 Å². The molecule has 0 amide bonds. The molecule has 0 spiro atoms. The third kappa shape index (κ3) is 3.34. The second-order valence-corrected chi connectivity index (χ2v) is 7.59. The van der Waals surface area contributed by atoms with Gasteiger partial charge < -0.3 is 14.6 Å². The molecule has 1 saturated heterocycles. The number of anilines is 1. The van der Waals surface area contributed by atoms with Crippen LogP contribution in [0.15, 0.2) is 35.6 Å². The molecule has 2 aromatic heterocycles.